The minimum absolute atomic E-state index is 0.107. The van der Waals surface area contributed by atoms with Crippen LogP contribution in [0.3, 0.4) is 0 Å². The Bertz CT molecular complexity index is 443. The van der Waals surface area contributed by atoms with Gasteiger partial charge in [-0.05, 0) is 45.4 Å². The molecule has 2 atom stereocenters. The summed E-state index contributed by atoms with van der Waals surface area (Å²) in [6, 6.07) is 0. The fourth-order valence-electron chi connectivity index (χ4n) is 3.27. The molecule has 1 aromatic rings. The van der Waals surface area contributed by atoms with Crippen molar-refractivity contribution in [1.29, 1.82) is 0 Å². The monoisotopic (exact) mass is 281 g/mol. The molecule has 20 heavy (non-hydrogen) atoms. The van der Waals surface area contributed by atoms with Gasteiger partial charge in [-0.2, -0.15) is 4.98 Å². The molecule has 1 aromatic heterocycles. The van der Waals surface area contributed by atoms with E-state index in [0.717, 1.165) is 38.5 Å². The highest BCUT2D eigenvalue weighted by molar-refractivity contribution is 5.06. The molecule has 0 bridgehead atoms. The SMILES string of the molecule is CCOC1(c2noc(C3CCC(CN)O3)n2)CCCC1. The lowest BCUT2D eigenvalue weighted by molar-refractivity contribution is -0.0469. The van der Waals surface area contributed by atoms with Crippen LogP contribution in [0.4, 0.5) is 0 Å². The molecule has 1 saturated carbocycles. The Morgan fingerprint density at radius 1 is 1.35 bits per heavy atom. The predicted molar refractivity (Wildman–Crippen MR) is 72.0 cm³/mol. The normalized spacial score (nSPS) is 29.1. The van der Waals surface area contributed by atoms with E-state index in [1.807, 2.05) is 6.92 Å². The quantitative estimate of drug-likeness (QED) is 0.889. The zero-order chi connectivity index (χ0) is 14.0. The average molecular weight is 281 g/mol. The number of aromatic nitrogens is 2. The van der Waals surface area contributed by atoms with Crippen molar-refractivity contribution in [1.82, 2.24) is 10.1 Å². The van der Waals surface area contributed by atoms with Gasteiger partial charge in [-0.15, -0.1) is 0 Å². The van der Waals surface area contributed by atoms with Crippen LogP contribution in [0.25, 0.3) is 0 Å². The molecule has 0 aromatic carbocycles. The predicted octanol–water partition coefficient (Wildman–Crippen LogP) is 2.05. The third-order valence-corrected chi connectivity index (χ3v) is 4.33. The third-order valence-electron chi connectivity index (χ3n) is 4.33. The van der Waals surface area contributed by atoms with Gasteiger partial charge in [0.2, 0.25) is 5.82 Å². The summed E-state index contributed by atoms with van der Waals surface area (Å²) < 4.78 is 17.2. The van der Waals surface area contributed by atoms with E-state index >= 15 is 0 Å². The van der Waals surface area contributed by atoms with Gasteiger partial charge in [-0.3, -0.25) is 0 Å². The molecule has 112 valence electrons. The second-order valence-electron chi connectivity index (χ2n) is 5.65. The van der Waals surface area contributed by atoms with Gasteiger partial charge in [0, 0.05) is 13.2 Å². The van der Waals surface area contributed by atoms with Crippen molar-refractivity contribution in [3.05, 3.63) is 11.7 Å². The van der Waals surface area contributed by atoms with Crippen LogP contribution >= 0.6 is 0 Å². The second-order valence-corrected chi connectivity index (χ2v) is 5.65. The molecule has 0 radical (unpaired) electrons. The lowest BCUT2D eigenvalue weighted by Gasteiger charge is -2.24. The maximum Gasteiger partial charge on any atom is 0.255 e. The first-order chi connectivity index (χ1) is 9.77. The van der Waals surface area contributed by atoms with Crippen molar-refractivity contribution in [2.24, 2.45) is 5.73 Å². The van der Waals surface area contributed by atoms with E-state index in [1.54, 1.807) is 0 Å². The topological polar surface area (TPSA) is 83.4 Å². The number of ether oxygens (including phenoxy) is 2. The molecular weight excluding hydrogens is 258 g/mol. The van der Waals surface area contributed by atoms with E-state index in [4.69, 9.17) is 19.7 Å². The molecule has 0 spiro atoms. The van der Waals surface area contributed by atoms with Crippen LogP contribution in [0, 0.1) is 0 Å². The van der Waals surface area contributed by atoms with Crippen molar-refractivity contribution in [2.45, 2.75) is 63.3 Å². The number of hydrogen-bond acceptors (Lipinski definition) is 6. The molecule has 1 aliphatic heterocycles. The summed E-state index contributed by atoms with van der Waals surface area (Å²) in [7, 11) is 0. The smallest absolute Gasteiger partial charge is 0.255 e. The second kappa shape index (κ2) is 5.79. The number of hydrogen-bond donors (Lipinski definition) is 1. The molecular formula is C14H23N3O3. The Morgan fingerprint density at radius 3 is 2.80 bits per heavy atom. The summed E-state index contributed by atoms with van der Waals surface area (Å²) in [5, 5.41) is 4.16. The molecule has 6 nitrogen and oxygen atoms in total. The van der Waals surface area contributed by atoms with Crippen molar-refractivity contribution >= 4 is 0 Å². The first-order valence-corrected chi connectivity index (χ1v) is 7.61. The van der Waals surface area contributed by atoms with Gasteiger partial charge in [-0.1, -0.05) is 5.16 Å². The van der Waals surface area contributed by atoms with Gasteiger partial charge < -0.3 is 19.7 Å². The standard InChI is InChI=1S/C14H23N3O3/c1-2-18-14(7-3-4-8-14)13-16-12(20-17-13)11-6-5-10(9-15)19-11/h10-11H,2-9,15H2,1H3. The van der Waals surface area contributed by atoms with Crippen molar-refractivity contribution in [2.75, 3.05) is 13.2 Å². The average Bonchev–Trinajstić information content (AvgIpc) is 3.19. The third kappa shape index (κ3) is 2.47. The summed E-state index contributed by atoms with van der Waals surface area (Å²) in [5.74, 6) is 1.26. The van der Waals surface area contributed by atoms with Crippen LogP contribution in [0.1, 0.15) is 63.3 Å². The van der Waals surface area contributed by atoms with Gasteiger partial charge in [-0.25, -0.2) is 0 Å². The van der Waals surface area contributed by atoms with Gasteiger partial charge in [0.25, 0.3) is 5.89 Å². The zero-order valence-corrected chi connectivity index (χ0v) is 12.0. The summed E-state index contributed by atoms with van der Waals surface area (Å²) in [4.78, 5) is 4.57. The lowest BCUT2D eigenvalue weighted by Crippen LogP contribution is -2.27. The van der Waals surface area contributed by atoms with E-state index in [-0.39, 0.29) is 17.8 Å². The van der Waals surface area contributed by atoms with Crippen LogP contribution < -0.4 is 5.73 Å². The largest absolute Gasteiger partial charge is 0.367 e. The van der Waals surface area contributed by atoms with E-state index in [1.165, 1.54) is 0 Å². The highest BCUT2D eigenvalue weighted by Crippen LogP contribution is 2.41. The molecule has 1 saturated heterocycles. The summed E-state index contributed by atoms with van der Waals surface area (Å²) in [6.07, 6.45) is 6.10. The Balaban J connectivity index is 1.76. The summed E-state index contributed by atoms with van der Waals surface area (Å²) in [6.45, 7) is 3.21. The van der Waals surface area contributed by atoms with E-state index in [9.17, 15) is 0 Å². The molecule has 3 rings (SSSR count). The molecule has 0 amide bonds. The molecule has 2 aliphatic rings. The van der Waals surface area contributed by atoms with Gasteiger partial charge >= 0.3 is 0 Å². The molecule has 2 heterocycles. The van der Waals surface area contributed by atoms with Crippen LogP contribution in [0.2, 0.25) is 0 Å². The maximum absolute atomic E-state index is 5.95. The molecule has 2 N–H and O–H groups in total. The Hall–Kier alpha value is -0.980. The van der Waals surface area contributed by atoms with E-state index < -0.39 is 0 Å². The molecule has 2 fully saturated rings. The summed E-state index contributed by atoms with van der Waals surface area (Å²) in [5.41, 5.74) is 5.28. The van der Waals surface area contributed by atoms with Gasteiger partial charge in [0.15, 0.2) is 0 Å². The van der Waals surface area contributed by atoms with Crippen molar-refractivity contribution in [3.8, 4) is 0 Å². The van der Waals surface area contributed by atoms with Gasteiger partial charge in [0.05, 0.1) is 6.10 Å². The van der Waals surface area contributed by atoms with E-state index in [0.29, 0.717) is 24.9 Å². The van der Waals surface area contributed by atoms with Crippen LogP contribution in [0.15, 0.2) is 4.52 Å². The maximum atomic E-state index is 5.95. The minimum Gasteiger partial charge on any atom is -0.367 e. The van der Waals surface area contributed by atoms with Crippen LogP contribution in [-0.4, -0.2) is 29.4 Å². The Labute approximate surface area is 119 Å². The fourth-order valence-corrected chi connectivity index (χ4v) is 3.27. The molecule has 2 unspecified atom stereocenters. The fraction of sp³-hybridized carbons (Fsp3) is 0.857. The lowest BCUT2D eigenvalue weighted by atomic mass is 10.0. The summed E-state index contributed by atoms with van der Waals surface area (Å²) >= 11 is 0. The zero-order valence-electron chi connectivity index (χ0n) is 12.0. The highest BCUT2D eigenvalue weighted by Gasteiger charge is 2.42. The first-order valence-electron chi connectivity index (χ1n) is 7.61. The molecule has 6 heteroatoms. The molecule has 1 aliphatic carbocycles. The van der Waals surface area contributed by atoms with Crippen molar-refractivity contribution in [3.63, 3.8) is 0 Å². The number of nitrogens with two attached hydrogens (primary N) is 1. The van der Waals surface area contributed by atoms with Crippen LogP contribution in [0.5, 0.6) is 0 Å². The first kappa shape index (κ1) is 14.0. The van der Waals surface area contributed by atoms with Gasteiger partial charge in [0.1, 0.15) is 11.7 Å². The van der Waals surface area contributed by atoms with Crippen LogP contribution in [-0.2, 0) is 15.1 Å². The Kier molecular flexibility index (Phi) is 4.05. The highest BCUT2D eigenvalue weighted by atomic mass is 16.5. The van der Waals surface area contributed by atoms with E-state index in [2.05, 4.69) is 10.1 Å². The number of rotatable bonds is 5. The van der Waals surface area contributed by atoms with Crippen molar-refractivity contribution < 1.29 is 14.0 Å². The number of nitrogens with zero attached hydrogens (tertiary/aromatic N) is 2. The minimum atomic E-state index is -0.345. The Morgan fingerprint density at radius 2 is 2.15 bits per heavy atom.